The summed E-state index contributed by atoms with van der Waals surface area (Å²) in [5.41, 5.74) is 1.98. The fourth-order valence-corrected chi connectivity index (χ4v) is 3.91. The molecule has 202 valence electrons. The molecule has 0 saturated heterocycles. The van der Waals surface area contributed by atoms with Crippen molar-refractivity contribution in [3.8, 4) is 5.69 Å². The van der Waals surface area contributed by atoms with Crippen molar-refractivity contribution in [2.75, 3.05) is 5.32 Å². The minimum atomic E-state index is -1.13. The lowest BCUT2D eigenvalue weighted by Gasteiger charge is -2.18. The quantitative estimate of drug-likeness (QED) is 0.212. The van der Waals surface area contributed by atoms with E-state index in [0.29, 0.717) is 27.5 Å². The number of aromatic carboxylic acids is 2. The van der Waals surface area contributed by atoms with Gasteiger partial charge in [-0.2, -0.15) is 4.68 Å². The van der Waals surface area contributed by atoms with Crippen LogP contribution < -0.4 is 10.6 Å². The van der Waals surface area contributed by atoms with Crippen molar-refractivity contribution in [1.29, 1.82) is 0 Å². The number of halogens is 1. The third kappa shape index (κ3) is 7.14. The summed E-state index contributed by atoms with van der Waals surface area (Å²) in [6.07, 6.45) is 4.07. The van der Waals surface area contributed by atoms with E-state index in [1.807, 2.05) is 0 Å². The number of carbonyl (C=O) groups excluding carboxylic acids is 2. The topological polar surface area (TPSA) is 176 Å². The molecule has 1 aromatic heterocycles. The Labute approximate surface area is 231 Å². The van der Waals surface area contributed by atoms with Gasteiger partial charge in [0.15, 0.2) is 0 Å². The number of carboxylic acid groups (broad SMARTS) is 2. The molecule has 12 nitrogen and oxygen atoms in total. The zero-order valence-corrected chi connectivity index (χ0v) is 21.3. The van der Waals surface area contributed by atoms with Crippen LogP contribution in [0.1, 0.15) is 31.8 Å². The van der Waals surface area contributed by atoms with Gasteiger partial charge in [0.25, 0.3) is 0 Å². The normalized spacial score (nSPS) is 11.6. The van der Waals surface area contributed by atoms with Gasteiger partial charge in [0.05, 0.1) is 16.8 Å². The molecular weight excluding hydrogens is 540 g/mol. The van der Waals surface area contributed by atoms with Crippen molar-refractivity contribution >= 4 is 47.1 Å². The molecule has 4 aromatic rings. The Bertz CT molecular complexity index is 1590. The highest BCUT2D eigenvalue weighted by atomic mass is 35.5. The average molecular weight is 561 g/mol. The number of tetrazole rings is 1. The molecule has 0 fully saturated rings. The molecule has 0 bridgehead atoms. The van der Waals surface area contributed by atoms with Crippen LogP contribution in [0.2, 0.25) is 5.02 Å². The summed E-state index contributed by atoms with van der Waals surface area (Å²) in [5, 5.41) is 35.2. The number of anilines is 1. The lowest BCUT2D eigenvalue weighted by Crippen LogP contribution is -2.44. The Hall–Kier alpha value is -5.36. The molecule has 0 saturated carbocycles. The third-order valence-electron chi connectivity index (χ3n) is 5.65. The molecule has 4 rings (SSSR count). The van der Waals surface area contributed by atoms with Crippen molar-refractivity contribution in [2.45, 2.75) is 12.5 Å². The first-order valence-corrected chi connectivity index (χ1v) is 12.1. The van der Waals surface area contributed by atoms with E-state index in [2.05, 4.69) is 26.2 Å². The van der Waals surface area contributed by atoms with Crippen LogP contribution in [0.25, 0.3) is 11.8 Å². The molecule has 13 heteroatoms. The van der Waals surface area contributed by atoms with E-state index in [-0.39, 0.29) is 17.5 Å². The summed E-state index contributed by atoms with van der Waals surface area (Å²) in [7, 11) is 0. The van der Waals surface area contributed by atoms with E-state index >= 15 is 0 Å². The molecule has 0 aliphatic rings. The summed E-state index contributed by atoms with van der Waals surface area (Å²) in [4.78, 5) is 48.6. The van der Waals surface area contributed by atoms with E-state index in [0.717, 1.165) is 0 Å². The van der Waals surface area contributed by atoms with Gasteiger partial charge in [0, 0.05) is 28.8 Å². The third-order valence-corrected chi connectivity index (χ3v) is 5.88. The number of amides is 2. The van der Waals surface area contributed by atoms with Crippen LogP contribution in [0.3, 0.4) is 0 Å². The predicted octanol–water partition coefficient (Wildman–Crippen LogP) is 3.09. The van der Waals surface area contributed by atoms with E-state index in [4.69, 9.17) is 16.7 Å². The maximum Gasteiger partial charge on any atom is 0.335 e. The fraction of sp³-hybridized carbons (Fsp3) is 0.0741. The molecule has 0 aliphatic heterocycles. The minimum absolute atomic E-state index is 0.0210. The maximum absolute atomic E-state index is 13.2. The highest BCUT2D eigenvalue weighted by molar-refractivity contribution is 6.30. The first-order valence-electron chi connectivity index (χ1n) is 11.7. The number of aromatic nitrogens is 4. The summed E-state index contributed by atoms with van der Waals surface area (Å²) in [5.74, 6) is -3.45. The summed E-state index contributed by atoms with van der Waals surface area (Å²) in [6.45, 7) is 0. The molecule has 0 radical (unpaired) electrons. The minimum Gasteiger partial charge on any atom is -0.478 e. The zero-order chi connectivity index (χ0) is 28.6. The Balaban J connectivity index is 1.56. The second-order valence-corrected chi connectivity index (χ2v) is 8.87. The van der Waals surface area contributed by atoms with Gasteiger partial charge in [0.2, 0.25) is 11.8 Å². The van der Waals surface area contributed by atoms with Crippen molar-refractivity contribution in [1.82, 2.24) is 25.5 Å². The molecule has 0 aliphatic carbocycles. The number of carbonyl (C=O) groups is 4. The number of nitrogens with zero attached hydrogens (tertiary/aromatic N) is 4. The lowest BCUT2D eigenvalue weighted by atomic mass is 10.0. The van der Waals surface area contributed by atoms with Gasteiger partial charge in [-0.05, 0) is 76.7 Å². The molecule has 1 atom stereocenters. The SMILES string of the molecule is O=C(/C=C/c1cc(Cl)ccc1-n1cnnn1)NC(Cc1cccc(C(=O)O)c1)C(=O)Nc1ccc(C(=O)O)cc1. The summed E-state index contributed by atoms with van der Waals surface area (Å²) < 4.78 is 1.40. The van der Waals surface area contributed by atoms with Crippen LogP contribution >= 0.6 is 11.6 Å². The number of benzene rings is 3. The van der Waals surface area contributed by atoms with Crippen LogP contribution in [-0.4, -0.2) is 60.2 Å². The van der Waals surface area contributed by atoms with Crippen LogP contribution in [0.5, 0.6) is 0 Å². The van der Waals surface area contributed by atoms with Crippen LogP contribution in [0, 0.1) is 0 Å². The zero-order valence-electron chi connectivity index (χ0n) is 20.6. The second-order valence-electron chi connectivity index (χ2n) is 8.43. The Morgan fingerprint density at radius 3 is 2.38 bits per heavy atom. The van der Waals surface area contributed by atoms with Gasteiger partial charge in [-0.15, -0.1) is 5.10 Å². The largest absolute Gasteiger partial charge is 0.478 e. The smallest absolute Gasteiger partial charge is 0.335 e. The van der Waals surface area contributed by atoms with Gasteiger partial charge < -0.3 is 20.8 Å². The Kier molecular flexibility index (Phi) is 8.62. The number of carboxylic acids is 2. The Morgan fingerprint density at radius 2 is 1.70 bits per heavy atom. The molecule has 3 aromatic carbocycles. The number of hydrogen-bond acceptors (Lipinski definition) is 7. The fourth-order valence-electron chi connectivity index (χ4n) is 3.73. The van der Waals surface area contributed by atoms with Crippen molar-refractivity contribution in [2.24, 2.45) is 0 Å². The average Bonchev–Trinajstić information content (AvgIpc) is 3.47. The van der Waals surface area contributed by atoms with E-state index < -0.39 is 29.8 Å². The predicted molar refractivity (Wildman–Crippen MR) is 144 cm³/mol. The highest BCUT2D eigenvalue weighted by Crippen LogP contribution is 2.20. The van der Waals surface area contributed by atoms with Gasteiger partial charge in [0.1, 0.15) is 12.4 Å². The molecule has 1 heterocycles. The maximum atomic E-state index is 13.2. The van der Waals surface area contributed by atoms with Crippen molar-refractivity contribution < 1.29 is 29.4 Å². The van der Waals surface area contributed by atoms with E-state index in [1.165, 1.54) is 59.6 Å². The standard InChI is InChI=1S/C27H21ClN6O6/c28-20-7-10-23(34-15-29-32-33-34)18(14-20)6-11-24(35)31-22(13-16-2-1-3-19(12-16)27(39)40)25(36)30-21-8-4-17(5-9-21)26(37)38/h1-12,14-15,22H,13H2,(H,30,36)(H,31,35)(H,37,38)(H,39,40)/b11-6+. The second kappa shape index (κ2) is 12.5. The first-order chi connectivity index (χ1) is 19.2. The van der Waals surface area contributed by atoms with Crippen molar-refractivity contribution in [3.05, 3.63) is 106 Å². The lowest BCUT2D eigenvalue weighted by molar-refractivity contribution is -0.123. The molecule has 4 N–H and O–H groups in total. The van der Waals surface area contributed by atoms with Gasteiger partial charge in [-0.3, -0.25) is 9.59 Å². The van der Waals surface area contributed by atoms with Gasteiger partial charge >= 0.3 is 11.9 Å². The molecular formula is C27H21ClN6O6. The molecule has 40 heavy (non-hydrogen) atoms. The molecule has 1 unspecified atom stereocenters. The summed E-state index contributed by atoms with van der Waals surface area (Å²) in [6, 6.07) is 15.3. The van der Waals surface area contributed by atoms with Crippen molar-refractivity contribution in [3.63, 3.8) is 0 Å². The van der Waals surface area contributed by atoms with Crippen LogP contribution in [0.4, 0.5) is 5.69 Å². The van der Waals surface area contributed by atoms with Crippen LogP contribution in [-0.2, 0) is 16.0 Å². The first kappa shape index (κ1) is 27.7. The number of hydrogen-bond donors (Lipinski definition) is 4. The monoisotopic (exact) mass is 560 g/mol. The highest BCUT2D eigenvalue weighted by Gasteiger charge is 2.22. The molecule has 2 amide bonds. The van der Waals surface area contributed by atoms with Gasteiger partial charge in [-0.25, -0.2) is 9.59 Å². The van der Waals surface area contributed by atoms with E-state index in [1.54, 1.807) is 30.3 Å². The number of rotatable bonds is 10. The van der Waals surface area contributed by atoms with Crippen LogP contribution in [0.15, 0.2) is 79.1 Å². The Morgan fingerprint density at radius 1 is 0.950 bits per heavy atom. The number of nitrogens with one attached hydrogen (secondary N) is 2. The summed E-state index contributed by atoms with van der Waals surface area (Å²) >= 11 is 6.13. The molecule has 0 spiro atoms. The van der Waals surface area contributed by atoms with E-state index in [9.17, 15) is 24.3 Å². The van der Waals surface area contributed by atoms with Gasteiger partial charge in [-0.1, -0.05) is 23.7 Å².